The summed E-state index contributed by atoms with van der Waals surface area (Å²) in [7, 11) is -2.25. The summed E-state index contributed by atoms with van der Waals surface area (Å²) in [6.07, 6.45) is 0. The van der Waals surface area contributed by atoms with Gasteiger partial charge in [-0.3, -0.25) is 4.57 Å². The van der Waals surface area contributed by atoms with Crippen molar-refractivity contribution in [3.05, 3.63) is 66.4 Å². The van der Waals surface area contributed by atoms with Crippen LogP contribution in [0.4, 0.5) is 0 Å². The zero-order valence-corrected chi connectivity index (χ0v) is 17.3. The van der Waals surface area contributed by atoms with Crippen LogP contribution in [0.3, 0.4) is 0 Å². The van der Waals surface area contributed by atoms with Crippen molar-refractivity contribution >= 4 is 9.84 Å². The molecule has 0 saturated heterocycles. The predicted molar refractivity (Wildman–Crippen MR) is 111 cm³/mol. The maximum atomic E-state index is 13.1. The molecule has 0 bridgehead atoms. The molecule has 9 heteroatoms. The standard InChI is InChI=1S/C21H20N4O4S/c1-3-25-20(17-11-7-8-12-18(17)28-2)22-23-21(25)30(26,27)14-16-13-19(29-24-16)15-9-5-4-6-10-15/h4-13H,3,14H2,1-2H3. The van der Waals surface area contributed by atoms with E-state index in [2.05, 4.69) is 15.4 Å². The average molecular weight is 424 g/mol. The van der Waals surface area contributed by atoms with Crippen molar-refractivity contribution < 1.29 is 17.7 Å². The number of benzene rings is 2. The summed E-state index contributed by atoms with van der Waals surface area (Å²) >= 11 is 0. The Morgan fingerprint density at radius 3 is 2.50 bits per heavy atom. The number of hydrogen-bond donors (Lipinski definition) is 0. The fraction of sp³-hybridized carbons (Fsp3) is 0.190. The molecule has 0 aliphatic carbocycles. The minimum absolute atomic E-state index is 0.116. The van der Waals surface area contributed by atoms with Gasteiger partial charge in [0, 0.05) is 18.2 Å². The highest BCUT2D eigenvalue weighted by molar-refractivity contribution is 7.90. The number of hydrogen-bond acceptors (Lipinski definition) is 7. The summed E-state index contributed by atoms with van der Waals surface area (Å²) in [5.41, 5.74) is 1.80. The van der Waals surface area contributed by atoms with Crippen LogP contribution in [0.25, 0.3) is 22.7 Å². The molecule has 8 nitrogen and oxygen atoms in total. The molecule has 30 heavy (non-hydrogen) atoms. The van der Waals surface area contributed by atoms with Gasteiger partial charge in [-0.2, -0.15) is 0 Å². The number of sulfone groups is 1. The fourth-order valence-electron chi connectivity index (χ4n) is 3.21. The molecule has 2 aromatic carbocycles. The Labute approximate surface area is 174 Å². The second-order valence-electron chi connectivity index (χ2n) is 6.56. The molecule has 0 aliphatic rings. The van der Waals surface area contributed by atoms with Gasteiger partial charge in [-0.25, -0.2) is 8.42 Å². The third kappa shape index (κ3) is 3.71. The third-order valence-corrected chi connectivity index (χ3v) is 6.15. The minimum Gasteiger partial charge on any atom is -0.496 e. The van der Waals surface area contributed by atoms with Gasteiger partial charge in [-0.15, -0.1) is 10.2 Å². The lowest BCUT2D eigenvalue weighted by Crippen LogP contribution is -2.13. The summed E-state index contributed by atoms with van der Waals surface area (Å²) in [6.45, 7) is 2.22. The molecule has 0 amide bonds. The van der Waals surface area contributed by atoms with E-state index in [-0.39, 0.29) is 10.9 Å². The molecule has 154 valence electrons. The van der Waals surface area contributed by atoms with E-state index in [1.807, 2.05) is 55.5 Å². The van der Waals surface area contributed by atoms with E-state index >= 15 is 0 Å². The average Bonchev–Trinajstić information content (AvgIpc) is 3.41. The molecule has 0 radical (unpaired) electrons. The Morgan fingerprint density at radius 1 is 1.03 bits per heavy atom. The van der Waals surface area contributed by atoms with Gasteiger partial charge in [-0.05, 0) is 19.1 Å². The Hall–Kier alpha value is -3.46. The smallest absolute Gasteiger partial charge is 0.250 e. The molecule has 0 spiro atoms. The predicted octanol–water partition coefficient (Wildman–Crippen LogP) is 3.60. The highest BCUT2D eigenvalue weighted by Gasteiger charge is 2.27. The number of methoxy groups -OCH3 is 1. The second kappa shape index (κ2) is 8.11. The highest BCUT2D eigenvalue weighted by Crippen LogP contribution is 2.30. The number of nitrogens with zero attached hydrogens (tertiary/aromatic N) is 4. The third-order valence-electron chi connectivity index (χ3n) is 4.61. The van der Waals surface area contributed by atoms with Crippen molar-refractivity contribution in [2.75, 3.05) is 7.11 Å². The molecule has 0 saturated carbocycles. The van der Waals surface area contributed by atoms with Gasteiger partial charge in [0.05, 0.1) is 18.4 Å². The molecular weight excluding hydrogens is 404 g/mol. The Morgan fingerprint density at radius 2 is 1.77 bits per heavy atom. The number of ether oxygens (including phenoxy) is 1. The van der Waals surface area contributed by atoms with Crippen LogP contribution in [-0.4, -0.2) is 35.4 Å². The van der Waals surface area contributed by atoms with E-state index in [1.54, 1.807) is 23.8 Å². The zero-order valence-electron chi connectivity index (χ0n) is 16.5. The number of rotatable bonds is 7. The van der Waals surface area contributed by atoms with Crippen LogP contribution in [0, 0.1) is 0 Å². The van der Waals surface area contributed by atoms with Crippen molar-refractivity contribution in [2.24, 2.45) is 0 Å². The van der Waals surface area contributed by atoms with Crippen LogP contribution < -0.4 is 4.74 Å². The van der Waals surface area contributed by atoms with Crippen molar-refractivity contribution in [3.63, 3.8) is 0 Å². The van der Waals surface area contributed by atoms with Crippen molar-refractivity contribution in [2.45, 2.75) is 24.4 Å². The van der Waals surface area contributed by atoms with Crippen LogP contribution in [-0.2, 0) is 22.1 Å². The lowest BCUT2D eigenvalue weighted by atomic mass is 10.2. The van der Waals surface area contributed by atoms with Crippen molar-refractivity contribution in [1.82, 2.24) is 19.9 Å². The van der Waals surface area contributed by atoms with Gasteiger partial charge in [0.2, 0.25) is 15.0 Å². The summed E-state index contributed by atoms with van der Waals surface area (Å²) in [6, 6.07) is 18.3. The first kappa shape index (κ1) is 19.8. The van der Waals surface area contributed by atoms with E-state index in [1.165, 1.54) is 0 Å². The van der Waals surface area contributed by atoms with E-state index in [4.69, 9.17) is 9.26 Å². The molecule has 0 aliphatic heterocycles. The van der Waals surface area contributed by atoms with E-state index in [0.717, 1.165) is 5.56 Å². The first-order valence-corrected chi connectivity index (χ1v) is 11.0. The monoisotopic (exact) mass is 424 g/mol. The van der Waals surface area contributed by atoms with Crippen LogP contribution in [0.5, 0.6) is 5.75 Å². The zero-order chi connectivity index (χ0) is 21.1. The summed E-state index contributed by atoms with van der Waals surface area (Å²) in [4.78, 5) is 0. The van der Waals surface area contributed by atoms with Gasteiger partial charge in [0.1, 0.15) is 11.5 Å². The van der Waals surface area contributed by atoms with Gasteiger partial charge in [-0.1, -0.05) is 47.6 Å². The van der Waals surface area contributed by atoms with Crippen LogP contribution in [0.1, 0.15) is 12.6 Å². The highest BCUT2D eigenvalue weighted by atomic mass is 32.2. The lowest BCUT2D eigenvalue weighted by molar-refractivity contribution is 0.415. The summed E-state index contributed by atoms with van der Waals surface area (Å²) in [5, 5.41) is 11.9. The van der Waals surface area contributed by atoms with E-state index in [9.17, 15) is 8.42 Å². The largest absolute Gasteiger partial charge is 0.496 e. The molecule has 0 unspecified atom stereocenters. The number of aromatic nitrogens is 4. The quantitative estimate of drug-likeness (QED) is 0.447. The van der Waals surface area contributed by atoms with E-state index < -0.39 is 9.84 Å². The molecule has 0 N–H and O–H groups in total. The second-order valence-corrected chi connectivity index (χ2v) is 8.44. The molecule has 4 rings (SSSR count). The van der Waals surface area contributed by atoms with Gasteiger partial charge >= 0.3 is 0 Å². The normalized spacial score (nSPS) is 11.5. The SMILES string of the molecule is CCn1c(-c2ccccc2OC)nnc1S(=O)(=O)Cc1cc(-c2ccccc2)on1. The Balaban J connectivity index is 1.67. The Kier molecular flexibility index (Phi) is 5.37. The molecule has 2 heterocycles. The topological polar surface area (TPSA) is 100 Å². The van der Waals surface area contributed by atoms with Crippen LogP contribution in [0.15, 0.2) is 70.3 Å². The van der Waals surface area contributed by atoms with Crippen molar-refractivity contribution in [3.8, 4) is 28.5 Å². The van der Waals surface area contributed by atoms with Gasteiger partial charge in [0.25, 0.3) is 0 Å². The summed E-state index contributed by atoms with van der Waals surface area (Å²) < 4.78 is 38.4. The van der Waals surface area contributed by atoms with Gasteiger partial charge < -0.3 is 9.26 Å². The molecular formula is C21H20N4O4S. The van der Waals surface area contributed by atoms with Gasteiger partial charge in [0.15, 0.2) is 11.6 Å². The molecule has 4 aromatic rings. The molecule has 0 atom stereocenters. The van der Waals surface area contributed by atoms with Crippen molar-refractivity contribution in [1.29, 1.82) is 0 Å². The minimum atomic E-state index is -3.81. The molecule has 2 aromatic heterocycles. The first-order chi connectivity index (χ1) is 14.5. The Bertz CT molecular complexity index is 1260. The maximum absolute atomic E-state index is 13.1. The van der Waals surface area contributed by atoms with Crippen LogP contribution >= 0.6 is 0 Å². The fourth-order valence-corrected chi connectivity index (χ4v) is 4.58. The lowest BCUT2D eigenvalue weighted by Gasteiger charge is -2.10. The molecule has 0 fully saturated rings. The first-order valence-electron chi connectivity index (χ1n) is 9.34. The van der Waals surface area contributed by atoms with Crippen LogP contribution in [0.2, 0.25) is 0 Å². The summed E-state index contributed by atoms with van der Waals surface area (Å²) in [5.74, 6) is 1.19. The maximum Gasteiger partial charge on any atom is 0.250 e. The van der Waals surface area contributed by atoms with E-state index in [0.29, 0.717) is 35.1 Å². The number of para-hydroxylation sites is 1.